The summed E-state index contributed by atoms with van der Waals surface area (Å²) in [6.07, 6.45) is 0. The molecule has 0 amide bonds. The predicted molar refractivity (Wildman–Crippen MR) is 48.2 cm³/mol. The van der Waals surface area contributed by atoms with E-state index in [0.29, 0.717) is 0 Å². The van der Waals surface area contributed by atoms with E-state index in [2.05, 4.69) is 0 Å². The lowest BCUT2D eigenvalue weighted by Gasteiger charge is -2.29. The molecule has 0 saturated heterocycles. The first-order valence-corrected chi connectivity index (χ1v) is 6.70. The van der Waals surface area contributed by atoms with Crippen molar-refractivity contribution in [3.8, 4) is 0 Å². The van der Waals surface area contributed by atoms with Crippen molar-refractivity contribution in [3.05, 3.63) is 0 Å². The minimum atomic E-state index is -2.98. The smallest absolute Gasteiger partial charge is 0.258 e. The summed E-state index contributed by atoms with van der Waals surface area (Å²) in [5.41, 5.74) is 0. The van der Waals surface area contributed by atoms with E-state index in [4.69, 9.17) is 22.5 Å². The standard InChI is InChI=1S/C6H13Cl2OP/c1-5(2)6(3,4)10(7,8)9/h5H,1-4H3. The van der Waals surface area contributed by atoms with Crippen molar-refractivity contribution in [1.29, 1.82) is 0 Å². The number of halogens is 2. The van der Waals surface area contributed by atoms with Gasteiger partial charge in [0.2, 0.25) is 0 Å². The average Bonchev–Trinajstić information content (AvgIpc) is 1.62. The third-order valence-electron chi connectivity index (χ3n) is 2.08. The van der Waals surface area contributed by atoms with Gasteiger partial charge in [0.05, 0.1) is 0 Å². The Balaban J connectivity index is 4.58. The Morgan fingerprint density at radius 3 is 1.60 bits per heavy atom. The molecular weight excluding hydrogens is 190 g/mol. The summed E-state index contributed by atoms with van der Waals surface area (Å²) in [7, 11) is 0. The van der Waals surface area contributed by atoms with E-state index in [1.54, 1.807) is 0 Å². The van der Waals surface area contributed by atoms with Gasteiger partial charge in [0.25, 0.3) is 5.85 Å². The van der Waals surface area contributed by atoms with Gasteiger partial charge in [0.1, 0.15) is 0 Å². The van der Waals surface area contributed by atoms with Gasteiger partial charge in [-0.3, -0.25) is 4.57 Å². The second-order valence-electron chi connectivity index (χ2n) is 3.27. The number of hydrogen-bond acceptors (Lipinski definition) is 1. The molecule has 0 bridgehead atoms. The van der Waals surface area contributed by atoms with E-state index < -0.39 is 11.0 Å². The van der Waals surface area contributed by atoms with Crippen LogP contribution < -0.4 is 0 Å². The highest BCUT2D eigenvalue weighted by molar-refractivity contribution is 8.09. The van der Waals surface area contributed by atoms with Gasteiger partial charge in [-0.1, -0.05) is 27.7 Å². The highest BCUT2D eigenvalue weighted by Crippen LogP contribution is 2.68. The van der Waals surface area contributed by atoms with Crippen LogP contribution in [0.3, 0.4) is 0 Å². The molecule has 0 unspecified atom stereocenters. The molecule has 0 aromatic heterocycles. The van der Waals surface area contributed by atoms with Crippen LogP contribution in [0.5, 0.6) is 0 Å². The van der Waals surface area contributed by atoms with Gasteiger partial charge in [0.15, 0.2) is 0 Å². The summed E-state index contributed by atoms with van der Waals surface area (Å²) in [4.78, 5) is 0. The Labute approximate surface area is 72.0 Å². The van der Waals surface area contributed by atoms with Crippen LogP contribution in [0, 0.1) is 5.92 Å². The number of hydrogen-bond donors (Lipinski definition) is 0. The third kappa shape index (κ3) is 2.15. The fourth-order valence-corrected chi connectivity index (χ4v) is 2.07. The normalized spacial score (nSPS) is 14.3. The molecular formula is C6H13Cl2OP. The van der Waals surface area contributed by atoms with Gasteiger partial charge >= 0.3 is 0 Å². The molecule has 0 aliphatic heterocycles. The molecule has 0 fully saturated rings. The SMILES string of the molecule is CC(C)C(C)(C)P(=O)(Cl)Cl. The molecule has 0 aliphatic carbocycles. The van der Waals surface area contributed by atoms with Gasteiger partial charge in [-0.2, -0.15) is 0 Å². The summed E-state index contributed by atoms with van der Waals surface area (Å²) in [5, 5.41) is -0.476. The molecule has 10 heavy (non-hydrogen) atoms. The molecule has 62 valence electrons. The van der Waals surface area contributed by atoms with Crippen LogP contribution in [0.15, 0.2) is 0 Å². The molecule has 1 nitrogen and oxygen atoms in total. The molecule has 0 atom stereocenters. The lowest BCUT2D eigenvalue weighted by atomic mass is 10.00. The summed E-state index contributed by atoms with van der Waals surface area (Å²) < 4.78 is 11.2. The van der Waals surface area contributed by atoms with Crippen molar-refractivity contribution in [2.75, 3.05) is 0 Å². The Kier molecular flexibility index (Phi) is 3.29. The topological polar surface area (TPSA) is 17.1 Å². The van der Waals surface area contributed by atoms with Gasteiger partial charge in [-0.15, -0.1) is 0 Å². The van der Waals surface area contributed by atoms with Crippen molar-refractivity contribution in [1.82, 2.24) is 0 Å². The van der Waals surface area contributed by atoms with Crippen molar-refractivity contribution >= 4 is 28.3 Å². The zero-order valence-electron chi connectivity index (χ0n) is 6.69. The summed E-state index contributed by atoms with van der Waals surface area (Å²) in [5.74, 6) is -2.75. The monoisotopic (exact) mass is 202 g/mol. The zero-order chi connectivity index (χ0) is 8.58. The second-order valence-corrected chi connectivity index (χ2v) is 8.72. The molecule has 0 heterocycles. The highest BCUT2D eigenvalue weighted by Gasteiger charge is 2.39. The Morgan fingerprint density at radius 1 is 1.30 bits per heavy atom. The first-order chi connectivity index (χ1) is 4.19. The molecule has 0 aromatic rings. The van der Waals surface area contributed by atoms with Crippen LogP contribution in [0.4, 0.5) is 0 Å². The lowest BCUT2D eigenvalue weighted by Crippen LogP contribution is -2.23. The van der Waals surface area contributed by atoms with Gasteiger partial charge in [0, 0.05) is 5.16 Å². The fraction of sp³-hybridized carbons (Fsp3) is 1.00. The molecule has 0 radical (unpaired) electrons. The first-order valence-electron chi connectivity index (χ1n) is 3.19. The van der Waals surface area contributed by atoms with Crippen molar-refractivity contribution in [2.24, 2.45) is 5.92 Å². The average molecular weight is 203 g/mol. The maximum Gasteiger partial charge on any atom is 0.258 e. The van der Waals surface area contributed by atoms with Crippen LogP contribution in [-0.4, -0.2) is 5.16 Å². The van der Waals surface area contributed by atoms with E-state index in [0.717, 1.165) is 0 Å². The molecule has 0 N–H and O–H groups in total. The molecule has 0 saturated carbocycles. The van der Waals surface area contributed by atoms with E-state index in [1.165, 1.54) is 0 Å². The minimum absolute atomic E-state index is 0.230. The Bertz CT molecular complexity index is 159. The van der Waals surface area contributed by atoms with Crippen LogP contribution in [-0.2, 0) is 4.57 Å². The van der Waals surface area contributed by atoms with Gasteiger partial charge < -0.3 is 0 Å². The zero-order valence-corrected chi connectivity index (χ0v) is 9.10. The molecule has 0 spiro atoms. The minimum Gasteiger partial charge on any atom is -0.289 e. The maximum absolute atomic E-state index is 11.2. The molecule has 0 rings (SSSR count). The van der Waals surface area contributed by atoms with Crippen LogP contribution in [0.25, 0.3) is 0 Å². The molecule has 4 heteroatoms. The van der Waals surface area contributed by atoms with E-state index in [-0.39, 0.29) is 5.92 Å². The van der Waals surface area contributed by atoms with E-state index in [1.807, 2.05) is 27.7 Å². The van der Waals surface area contributed by atoms with Crippen LogP contribution in [0.1, 0.15) is 27.7 Å². The maximum atomic E-state index is 11.2. The Morgan fingerprint density at radius 2 is 1.60 bits per heavy atom. The largest absolute Gasteiger partial charge is 0.289 e. The van der Waals surface area contributed by atoms with E-state index in [9.17, 15) is 4.57 Å². The van der Waals surface area contributed by atoms with Crippen molar-refractivity contribution < 1.29 is 4.57 Å². The van der Waals surface area contributed by atoms with Crippen LogP contribution >= 0.6 is 28.3 Å². The molecule has 0 aliphatic rings. The molecule has 0 aromatic carbocycles. The van der Waals surface area contributed by atoms with Crippen LogP contribution in [0.2, 0.25) is 0 Å². The number of rotatable bonds is 2. The summed E-state index contributed by atoms with van der Waals surface area (Å²) >= 11 is 11.1. The predicted octanol–water partition coefficient (Wildman–Crippen LogP) is 4.09. The Hall–Kier alpha value is 0.810. The van der Waals surface area contributed by atoms with E-state index >= 15 is 0 Å². The fourth-order valence-electron chi connectivity index (χ4n) is 0.301. The highest BCUT2D eigenvalue weighted by atomic mass is 35.9. The second kappa shape index (κ2) is 3.05. The summed E-state index contributed by atoms with van der Waals surface area (Å²) in [6, 6.07) is 0. The van der Waals surface area contributed by atoms with Crippen molar-refractivity contribution in [3.63, 3.8) is 0 Å². The summed E-state index contributed by atoms with van der Waals surface area (Å²) in [6.45, 7) is 7.55. The lowest BCUT2D eigenvalue weighted by molar-refractivity contribution is 0.469. The van der Waals surface area contributed by atoms with Crippen molar-refractivity contribution in [2.45, 2.75) is 32.9 Å². The first kappa shape index (κ1) is 10.8. The van der Waals surface area contributed by atoms with Gasteiger partial charge in [-0.25, -0.2) is 0 Å². The third-order valence-corrected chi connectivity index (χ3v) is 6.56. The quantitative estimate of drug-likeness (QED) is 0.617. The van der Waals surface area contributed by atoms with Gasteiger partial charge in [-0.05, 0) is 28.4 Å².